The molecular weight excluding hydrogens is 372 g/mol. The fraction of sp³-hybridized carbons (Fsp3) is 0.0952. The molecule has 0 amide bonds. The Morgan fingerprint density at radius 1 is 1.07 bits per heavy atom. The molecule has 4 rings (SSSR count). The van der Waals surface area contributed by atoms with E-state index in [1.54, 1.807) is 13.2 Å². The largest absolute Gasteiger partial charge is 0.481 e. The van der Waals surface area contributed by atoms with Crippen molar-refractivity contribution in [3.63, 3.8) is 0 Å². The molecule has 0 atom stereocenters. The molecule has 0 bridgehead atoms. The molecular formula is C21H18N4O2S. The summed E-state index contributed by atoms with van der Waals surface area (Å²) < 4.78 is 7.30. The Kier molecular flexibility index (Phi) is 4.99. The number of hydrogen-bond donors (Lipinski definition) is 1. The predicted molar refractivity (Wildman–Crippen MR) is 113 cm³/mol. The van der Waals surface area contributed by atoms with Gasteiger partial charge in [-0.05, 0) is 24.3 Å². The van der Waals surface area contributed by atoms with Crippen LogP contribution in [0, 0.1) is 0 Å². The monoisotopic (exact) mass is 390 g/mol. The van der Waals surface area contributed by atoms with Crippen LogP contribution in [0.2, 0.25) is 0 Å². The van der Waals surface area contributed by atoms with Crippen LogP contribution >= 0.6 is 11.8 Å². The number of ether oxygens (including phenoxy) is 1. The van der Waals surface area contributed by atoms with Gasteiger partial charge in [-0.2, -0.15) is 4.98 Å². The number of aromatic nitrogens is 3. The second kappa shape index (κ2) is 7.74. The third kappa shape index (κ3) is 3.20. The number of pyridine rings is 1. The maximum Gasteiger partial charge on any atom is 0.215 e. The van der Waals surface area contributed by atoms with E-state index in [9.17, 15) is 4.79 Å². The van der Waals surface area contributed by atoms with Gasteiger partial charge in [0.2, 0.25) is 5.88 Å². The minimum atomic E-state index is 0.516. The molecule has 140 valence electrons. The molecule has 0 aliphatic rings. The summed E-state index contributed by atoms with van der Waals surface area (Å²) >= 11 is 1.13. The molecule has 2 aromatic carbocycles. The van der Waals surface area contributed by atoms with Crippen molar-refractivity contribution in [1.82, 2.24) is 14.5 Å². The van der Waals surface area contributed by atoms with Crippen molar-refractivity contribution in [2.24, 2.45) is 0 Å². The molecule has 0 spiro atoms. The normalized spacial score (nSPS) is 10.8. The predicted octanol–water partition coefficient (Wildman–Crippen LogP) is 4.42. The van der Waals surface area contributed by atoms with Crippen LogP contribution in [0.3, 0.4) is 0 Å². The number of carbonyl (C=O) groups excluding carboxylic acids is 1. The molecule has 28 heavy (non-hydrogen) atoms. The smallest absolute Gasteiger partial charge is 0.215 e. The summed E-state index contributed by atoms with van der Waals surface area (Å²) in [6.07, 6.45) is 0. The average Bonchev–Trinajstić information content (AvgIpc) is 3.13. The van der Waals surface area contributed by atoms with Crippen LogP contribution in [0.25, 0.3) is 28.2 Å². The first-order chi connectivity index (χ1) is 13.7. The number of benzene rings is 2. The van der Waals surface area contributed by atoms with Crippen LogP contribution < -0.4 is 10.1 Å². The molecule has 0 saturated heterocycles. The topological polar surface area (TPSA) is 69.0 Å². The van der Waals surface area contributed by atoms with Crippen molar-refractivity contribution in [3.05, 3.63) is 60.7 Å². The lowest BCUT2D eigenvalue weighted by Gasteiger charge is -2.13. The van der Waals surface area contributed by atoms with Gasteiger partial charge < -0.3 is 10.1 Å². The van der Waals surface area contributed by atoms with Gasteiger partial charge in [0, 0.05) is 29.3 Å². The molecule has 0 saturated carbocycles. The molecule has 2 aromatic heterocycles. The number of methoxy groups -OCH3 is 1. The number of thioether (sulfide) groups is 1. The summed E-state index contributed by atoms with van der Waals surface area (Å²) in [6, 6.07) is 19.5. The van der Waals surface area contributed by atoms with E-state index < -0.39 is 0 Å². The number of hydrogen-bond acceptors (Lipinski definition) is 6. The van der Waals surface area contributed by atoms with E-state index in [1.165, 1.54) is 0 Å². The number of anilines is 1. The molecule has 0 fully saturated rings. The molecule has 0 aliphatic carbocycles. The highest BCUT2D eigenvalue weighted by Crippen LogP contribution is 2.33. The zero-order valence-electron chi connectivity index (χ0n) is 15.4. The van der Waals surface area contributed by atoms with E-state index in [0.717, 1.165) is 50.6 Å². The number of carbonyl (C=O) groups is 1. The van der Waals surface area contributed by atoms with Gasteiger partial charge in [-0.25, -0.2) is 4.98 Å². The van der Waals surface area contributed by atoms with Crippen molar-refractivity contribution in [1.29, 1.82) is 0 Å². The fourth-order valence-corrected chi connectivity index (χ4v) is 3.67. The first-order valence-electron chi connectivity index (χ1n) is 8.66. The number of nitrogens with one attached hydrogen (secondary N) is 1. The third-order valence-corrected chi connectivity index (χ3v) is 5.08. The van der Waals surface area contributed by atoms with Crippen LogP contribution in [0.15, 0.2) is 65.6 Å². The Morgan fingerprint density at radius 2 is 1.89 bits per heavy atom. The third-order valence-electron chi connectivity index (χ3n) is 4.39. The maximum atomic E-state index is 11.1. The summed E-state index contributed by atoms with van der Waals surface area (Å²) in [5.74, 6) is 1.29. The highest BCUT2D eigenvalue weighted by molar-refractivity contribution is 8.12. The zero-order chi connectivity index (χ0) is 19.5. The van der Waals surface area contributed by atoms with Gasteiger partial charge in [0.05, 0.1) is 12.8 Å². The van der Waals surface area contributed by atoms with Crippen LogP contribution in [0.1, 0.15) is 0 Å². The molecule has 2 heterocycles. The van der Waals surface area contributed by atoms with E-state index in [-0.39, 0.29) is 0 Å². The Labute approximate surface area is 166 Å². The minimum Gasteiger partial charge on any atom is -0.481 e. The van der Waals surface area contributed by atoms with Gasteiger partial charge in [0.15, 0.2) is 11.3 Å². The highest BCUT2D eigenvalue weighted by Gasteiger charge is 2.17. The molecule has 0 aliphatic heterocycles. The standard InChI is InChI=1S/C21H18N4O2S/c1-22-16-9-8-15(12-18(16)28-13-26)25-20(14-6-4-3-5-7-14)23-17-10-11-19(27-2)24-21(17)25/h3-13,22H,1-2H3. The van der Waals surface area contributed by atoms with E-state index in [0.29, 0.717) is 11.5 Å². The zero-order valence-corrected chi connectivity index (χ0v) is 16.2. The van der Waals surface area contributed by atoms with E-state index in [4.69, 9.17) is 9.72 Å². The van der Waals surface area contributed by atoms with E-state index in [2.05, 4.69) is 10.3 Å². The Bertz CT molecular complexity index is 1140. The van der Waals surface area contributed by atoms with Crippen molar-refractivity contribution in [2.45, 2.75) is 4.90 Å². The van der Waals surface area contributed by atoms with Crippen LogP contribution in [0.4, 0.5) is 5.69 Å². The van der Waals surface area contributed by atoms with Crippen LogP contribution in [-0.4, -0.2) is 34.3 Å². The Morgan fingerprint density at radius 3 is 2.61 bits per heavy atom. The van der Waals surface area contributed by atoms with Gasteiger partial charge in [0.1, 0.15) is 11.3 Å². The molecule has 0 unspecified atom stereocenters. The van der Waals surface area contributed by atoms with Crippen molar-refractivity contribution >= 4 is 34.2 Å². The Hall–Kier alpha value is -3.32. The second-order valence-corrected chi connectivity index (χ2v) is 6.85. The first-order valence-corrected chi connectivity index (χ1v) is 9.54. The van der Waals surface area contributed by atoms with Crippen molar-refractivity contribution < 1.29 is 9.53 Å². The molecule has 1 N–H and O–H groups in total. The summed E-state index contributed by atoms with van der Waals surface area (Å²) in [6.45, 7) is 0. The number of imidazole rings is 1. The summed E-state index contributed by atoms with van der Waals surface area (Å²) in [4.78, 5) is 21.4. The van der Waals surface area contributed by atoms with Gasteiger partial charge in [0.25, 0.3) is 0 Å². The quantitative estimate of drug-likeness (QED) is 0.388. The average molecular weight is 390 g/mol. The summed E-state index contributed by atoms with van der Waals surface area (Å²) in [5, 5.41) is 3.11. The lowest BCUT2D eigenvalue weighted by molar-refractivity contribution is 0.399. The number of fused-ring (bicyclic) bond motifs is 1. The van der Waals surface area contributed by atoms with Gasteiger partial charge in [-0.3, -0.25) is 9.36 Å². The van der Waals surface area contributed by atoms with E-state index in [1.807, 2.05) is 66.2 Å². The first kappa shape index (κ1) is 18.1. The number of nitrogens with zero attached hydrogens (tertiary/aromatic N) is 3. The van der Waals surface area contributed by atoms with Crippen molar-refractivity contribution in [3.8, 4) is 23.0 Å². The lowest BCUT2D eigenvalue weighted by Crippen LogP contribution is -2.01. The van der Waals surface area contributed by atoms with Gasteiger partial charge in [-0.1, -0.05) is 42.1 Å². The molecule has 4 aromatic rings. The molecule has 0 radical (unpaired) electrons. The lowest BCUT2D eigenvalue weighted by atomic mass is 10.2. The van der Waals surface area contributed by atoms with Gasteiger partial charge in [-0.15, -0.1) is 0 Å². The molecule has 7 heteroatoms. The van der Waals surface area contributed by atoms with Gasteiger partial charge >= 0.3 is 0 Å². The number of rotatable bonds is 6. The second-order valence-electron chi connectivity index (χ2n) is 5.98. The van der Waals surface area contributed by atoms with Crippen molar-refractivity contribution in [2.75, 3.05) is 19.5 Å². The molecule has 6 nitrogen and oxygen atoms in total. The highest BCUT2D eigenvalue weighted by atomic mass is 32.2. The Balaban J connectivity index is 2.01. The van der Waals surface area contributed by atoms with E-state index >= 15 is 0 Å². The maximum absolute atomic E-state index is 11.1. The summed E-state index contributed by atoms with van der Waals surface area (Å²) in [7, 11) is 3.42. The van der Waals surface area contributed by atoms with Crippen LogP contribution in [0.5, 0.6) is 5.88 Å². The SMILES string of the molecule is CNc1ccc(-n2c(-c3ccccc3)nc3ccc(OC)nc32)cc1SC=O. The van der Waals surface area contributed by atoms with Crippen LogP contribution in [-0.2, 0) is 4.79 Å². The minimum absolute atomic E-state index is 0.516. The summed E-state index contributed by atoms with van der Waals surface area (Å²) in [5.41, 5.74) is 5.01. The fourth-order valence-electron chi connectivity index (χ4n) is 3.09.